The maximum atomic E-state index is 11.7. The van der Waals surface area contributed by atoms with Crippen LogP contribution < -0.4 is 11.1 Å². The molecule has 1 amide bonds. The van der Waals surface area contributed by atoms with Gasteiger partial charge >= 0.3 is 0 Å². The molecule has 0 aliphatic carbocycles. The number of hydrogen-bond donors (Lipinski definition) is 2. The standard InChI is InChI=1S/C12H24N2OS/c1-3-5-6-7-9-14-12(15)10(8-4-2)11(13)16/h10H,3-9H2,1-2H3,(H2,13,16)(H,14,15). The normalized spacial score (nSPS) is 12.1. The molecule has 0 aliphatic rings. The number of rotatable bonds is 9. The van der Waals surface area contributed by atoms with E-state index in [0.29, 0.717) is 4.99 Å². The first-order valence-electron chi connectivity index (χ1n) is 6.20. The highest BCUT2D eigenvalue weighted by Crippen LogP contribution is 2.07. The number of nitrogens with two attached hydrogens (primary N) is 1. The number of carbonyl (C=O) groups excluding carboxylic acids is 1. The maximum Gasteiger partial charge on any atom is 0.229 e. The quantitative estimate of drug-likeness (QED) is 0.483. The molecule has 3 N–H and O–H groups in total. The molecule has 1 unspecified atom stereocenters. The van der Waals surface area contributed by atoms with E-state index in [1.807, 2.05) is 6.92 Å². The van der Waals surface area contributed by atoms with Crippen LogP contribution in [-0.2, 0) is 4.79 Å². The van der Waals surface area contributed by atoms with Gasteiger partial charge in [-0.1, -0.05) is 51.7 Å². The first-order valence-corrected chi connectivity index (χ1v) is 6.61. The van der Waals surface area contributed by atoms with Crippen molar-refractivity contribution < 1.29 is 4.79 Å². The van der Waals surface area contributed by atoms with Gasteiger partial charge in [0.1, 0.15) is 0 Å². The molecule has 0 rings (SSSR count). The summed E-state index contributed by atoms with van der Waals surface area (Å²) in [7, 11) is 0. The van der Waals surface area contributed by atoms with Crippen molar-refractivity contribution >= 4 is 23.1 Å². The monoisotopic (exact) mass is 244 g/mol. The Kier molecular flexibility index (Phi) is 9.19. The minimum Gasteiger partial charge on any atom is -0.393 e. The molecule has 16 heavy (non-hydrogen) atoms. The number of nitrogens with one attached hydrogen (secondary N) is 1. The topological polar surface area (TPSA) is 55.1 Å². The second kappa shape index (κ2) is 9.58. The largest absolute Gasteiger partial charge is 0.393 e. The molecule has 0 aromatic carbocycles. The minimum atomic E-state index is -0.286. The van der Waals surface area contributed by atoms with Gasteiger partial charge in [0.2, 0.25) is 5.91 Å². The molecule has 1 atom stereocenters. The van der Waals surface area contributed by atoms with Gasteiger partial charge in [-0.05, 0) is 12.8 Å². The van der Waals surface area contributed by atoms with Crippen molar-refractivity contribution in [2.24, 2.45) is 11.7 Å². The Labute approximate surface area is 104 Å². The number of hydrogen-bond acceptors (Lipinski definition) is 2. The molecular weight excluding hydrogens is 220 g/mol. The van der Waals surface area contributed by atoms with Crippen molar-refractivity contribution in [2.45, 2.75) is 52.4 Å². The van der Waals surface area contributed by atoms with Crippen molar-refractivity contribution in [3.05, 3.63) is 0 Å². The van der Waals surface area contributed by atoms with E-state index in [9.17, 15) is 4.79 Å². The Balaban J connectivity index is 3.79. The van der Waals surface area contributed by atoms with Crippen LogP contribution in [0, 0.1) is 5.92 Å². The van der Waals surface area contributed by atoms with Crippen molar-refractivity contribution in [1.29, 1.82) is 0 Å². The van der Waals surface area contributed by atoms with Crippen LogP contribution in [-0.4, -0.2) is 17.4 Å². The van der Waals surface area contributed by atoms with E-state index >= 15 is 0 Å². The van der Waals surface area contributed by atoms with Gasteiger partial charge in [-0.15, -0.1) is 0 Å². The van der Waals surface area contributed by atoms with Gasteiger partial charge in [-0.3, -0.25) is 4.79 Å². The molecule has 0 saturated heterocycles. The molecule has 0 bridgehead atoms. The van der Waals surface area contributed by atoms with Gasteiger partial charge in [0, 0.05) is 6.54 Å². The van der Waals surface area contributed by atoms with Crippen molar-refractivity contribution in [1.82, 2.24) is 5.32 Å². The lowest BCUT2D eigenvalue weighted by Crippen LogP contribution is -2.38. The SMILES string of the molecule is CCCCCCNC(=O)C(CCC)C(N)=S. The molecule has 4 heteroatoms. The highest BCUT2D eigenvalue weighted by molar-refractivity contribution is 7.80. The van der Waals surface area contributed by atoms with Crippen LogP contribution >= 0.6 is 12.2 Å². The molecule has 0 fully saturated rings. The van der Waals surface area contributed by atoms with Crippen LogP contribution in [0.25, 0.3) is 0 Å². The van der Waals surface area contributed by atoms with E-state index in [0.717, 1.165) is 25.8 Å². The number of unbranched alkanes of at least 4 members (excludes halogenated alkanes) is 3. The van der Waals surface area contributed by atoms with Crippen LogP contribution in [0.3, 0.4) is 0 Å². The van der Waals surface area contributed by atoms with Gasteiger partial charge < -0.3 is 11.1 Å². The summed E-state index contributed by atoms with van der Waals surface area (Å²) in [6.07, 6.45) is 6.31. The van der Waals surface area contributed by atoms with Gasteiger partial charge in [0.05, 0.1) is 10.9 Å². The summed E-state index contributed by atoms with van der Waals surface area (Å²) in [4.78, 5) is 12.0. The summed E-state index contributed by atoms with van der Waals surface area (Å²) < 4.78 is 0. The highest BCUT2D eigenvalue weighted by atomic mass is 32.1. The van der Waals surface area contributed by atoms with Crippen LogP contribution in [0.1, 0.15) is 52.4 Å². The predicted octanol–water partition coefficient (Wildman–Crippen LogP) is 2.39. The number of carbonyl (C=O) groups is 1. The third-order valence-electron chi connectivity index (χ3n) is 2.57. The summed E-state index contributed by atoms with van der Waals surface area (Å²) in [6.45, 7) is 4.93. The fourth-order valence-corrected chi connectivity index (χ4v) is 1.80. The molecule has 0 heterocycles. The zero-order valence-electron chi connectivity index (χ0n) is 10.4. The smallest absolute Gasteiger partial charge is 0.229 e. The third-order valence-corrected chi connectivity index (χ3v) is 2.85. The lowest BCUT2D eigenvalue weighted by molar-refractivity contribution is -0.123. The van der Waals surface area contributed by atoms with E-state index in [1.165, 1.54) is 19.3 Å². The molecule has 0 saturated carbocycles. The summed E-state index contributed by atoms with van der Waals surface area (Å²) in [5, 5.41) is 2.90. The Morgan fingerprint density at radius 3 is 2.44 bits per heavy atom. The molecule has 0 spiro atoms. The zero-order chi connectivity index (χ0) is 12.4. The fraction of sp³-hybridized carbons (Fsp3) is 0.833. The van der Waals surface area contributed by atoms with Gasteiger partial charge in [0.25, 0.3) is 0 Å². The molecule has 0 aromatic heterocycles. The summed E-state index contributed by atoms with van der Waals surface area (Å²) >= 11 is 4.90. The average molecular weight is 244 g/mol. The molecule has 0 aromatic rings. The summed E-state index contributed by atoms with van der Waals surface area (Å²) in [6, 6.07) is 0. The Bertz CT molecular complexity index is 219. The van der Waals surface area contributed by atoms with Crippen LogP contribution in [0.2, 0.25) is 0 Å². The maximum absolute atomic E-state index is 11.7. The van der Waals surface area contributed by atoms with E-state index in [1.54, 1.807) is 0 Å². The van der Waals surface area contributed by atoms with E-state index < -0.39 is 0 Å². The van der Waals surface area contributed by atoms with Crippen molar-refractivity contribution in [3.8, 4) is 0 Å². The van der Waals surface area contributed by atoms with Crippen molar-refractivity contribution in [3.63, 3.8) is 0 Å². The summed E-state index contributed by atoms with van der Waals surface area (Å²) in [5.41, 5.74) is 5.55. The Hall–Kier alpha value is -0.640. The van der Waals surface area contributed by atoms with Gasteiger partial charge in [-0.2, -0.15) is 0 Å². The van der Waals surface area contributed by atoms with Crippen LogP contribution in [0.4, 0.5) is 0 Å². The highest BCUT2D eigenvalue weighted by Gasteiger charge is 2.19. The van der Waals surface area contributed by atoms with Gasteiger partial charge in [0.15, 0.2) is 0 Å². The predicted molar refractivity (Wildman–Crippen MR) is 72.3 cm³/mol. The third kappa shape index (κ3) is 6.77. The van der Waals surface area contributed by atoms with E-state index in [2.05, 4.69) is 12.2 Å². The van der Waals surface area contributed by atoms with Crippen LogP contribution in [0.5, 0.6) is 0 Å². The Morgan fingerprint density at radius 1 is 1.25 bits per heavy atom. The molecule has 94 valence electrons. The molecule has 0 radical (unpaired) electrons. The van der Waals surface area contributed by atoms with Gasteiger partial charge in [-0.25, -0.2) is 0 Å². The average Bonchev–Trinajstić information content (AvgIpc) is 2.24. The first kappa shape index (κ1) is 15.4. The van der Waals surface area contributed by atoms with Crippen molar-refractivity contribution in [2.75, 3.05) is 6.54 Å². The molecule has 3 nitrogen and oxygen atoms in total. The molecular formula is C12H24N2OS. The number of amides is 1. The lowest BCUT2D eigenvalue weighted by Gasteiger charge is -2.14. The molecule has 0 aliphatic heterocycles. The lowest BCUT2D eigenvalue weighted by atomic mass is 10.0. The minimum absolute atomic E-state index is 0.00847. The first-order chi connectivity index (χ1) is 7.63. The zero-order valence-corrected chi connectivity index (χ0v) is 11.2. The van der Waals surface area contributed by atoms with Crippen LogP contribution in [0.15, 0.2) is 0 Å². The Morgan fingerprint density at radius 2 is 1.94 bits per heavy atom. The fourth-order valence-electron chi connectivity index (χ4n) is 1.58. The summed E-state index contributed by atoms with van der Waals surface area (Å²) in [5.74, 6) is -0.294. The van der Waals surface area contributed by atoms with E-state index in [4.69, 9.17) is 18.0 Å². The second-order valence-corrected chi connectivity index (χ2v) is 4.57. The number of thiocarbonyl (C=S) groups is 1. The second-order valence-electron chi connectivity index (χ2n) is 4.10. The van der Waals surface area contributed by atoms with E-state index in [-0.39, 0.29) is 11.8 Å².